The van der Waals surface area contributed by atoms with Crippen molar-refractivity contribution in [3.8, 4) is 0 Å². The standard InChI is InChI=1S/C14H18N2O4S/c1-9(2)13(14(17)18)15-21(19,20)11-5-4-10-6-7-16(3)12(10)8-11/h4-9,13,15H,1-3H3,(H,17,18). The summed E-state index contributed by atoms with van der Waals surface area (Å²) >= 11 is 0. The van der Waals surface area contributed by atoms with E-state index in [9.17, 15) is 13.2 Å². The molecule has 2 aromatic rings. The van der Waals surface area contributed by atoms with Gasteiger partial charge in [-0.15, -0.1) is 0 Å². The van der Waals surface area contributed by atoms with Crippen LogP contribution in [-0.2, 0) is 21.9 Å². The van der Waals surface area contributed by atoms with Crippen LogP contribution in [0.15, 0.2) is 35.4 Å². The van der Waals surface area contributed by atoms with Gasteiger partial charge in [0.25, 0.3) is 0 Å². The third-order valence-corrected chi connectivity index (χ3v) is 4.82. The summed E-state index contributed by atoms with van der Waals surface area (Å²) in [7, 11) is -2.06. The van der Waals surface area contributed by atoms with E-state index in [1.807, 2.05) is 23.9 Å². The summed E-state index contributed by atoms with van der Waals surface area (Å²) in [5.41, 5.74) is 0.772. The van der Waals surface area contributed by atoms with Gasteiger partial charge in [-0.1, -0.05) is 19.9 Å². The number of aryl methyl sites for hydroxylation is 1. The molecule has 0 radical (unpaired) electrons. The van der Waals surface area contributed by atoms with Crippen LogP contribution in [0.3, 0.4) is 0 Å². The van der Waals surface area contributed by atoms with Crippen LogP contribution in [0.4, 0.5) is 0 Å². The van der Waals surface area contributed by atoms with Gasteiger partial charge in [0, 0.05) is 18.8 Å². The first-order valence-electron chi connectivity index (χ1n) is 6.52. The predicted octanol–water partition coefficient (Wildman–Crippen LogP) is 1.57. The molecule has 0 aliphatic rings. The molecule has 2 rings (SSSR count). The second-order valence-electron chi connectivity index (χ2n) is 5.33. The van der Waals surface area contributed by atoms with Gasteiger partial charge in [0.1, 0.15) is 6.04 Å². The van der Waals surface area contributed by atoms with Crippen LogP contribution < -0.4 is 4.72 Å². The van der Waals surface area contributed by atoms with E-state index in [0.29, 0.717) is 0 Å². The molecule has 114 valence electrons. The normalized spacial score (nSPS) is 13.7. The first-order valence-corrected chi connectivity index (χ1v) is 8.01. The summed E-state index contributed by atoms with van der Waals surface area (Å²) in [5.74, 6) is -1.54. The second kappa shape index (κ2) is 5.50. The van der Waals surface area contributed by atoms with E-state index in [2.05, 4.69) is 4.72 Å². The van der Waals surface area contributed by atoms with Gasteiger partial charge in [-0.3, -0.25) is 4.79 Å². The number of rotatable bonds is 5. The van der Waals surface area contributed by atoms with Crippen molar-refractivity contribution < 1.29 is 18.3 Å². The summed E-state index contributed by atoms with van der Waals surface area (Å²) in [6, 6.07) is 5.45. The first-order chi connectivity index (χ1) is 9.72. The lowest BCUT2D eigenvalue weighted by Crippen LogP contribution is -2.44. The van der Waals surface area contributed by atoms with E-state index in [-0.39, 0.29) is 10.8 Å². The first kappa shape index (κ1) is 15.5. The Morgan fingerprint density at radius 3 is 2.52 bits per heavy atom. The summed E-state index contributed by atoms with van der Waals surface area (Å²) in [6.07, 6.45) is 1.84. The molecule has 0 saturated carbocycles. The topological polar surface area (TPSA) is 88.4 Å². The van der Waals surface area contributed by atoms with E-state index >= 15 is 0 Å². The van der Waals surface area contributed by atoms with Gasteiger partial charge >= 0.3 is 5.97 Å². The number of hydrogen-bond donors (Lipinski definition) is 2. The van der Waals surface area contributed by atoms with E-state index in [1.165, 1.54) is 12.1 Å². The third kappa shape index (κ3) is 3.08. The Balaban J connectivity index is 2.41. The predicted molar refractivity (Wildman–Crippen MR) is 79.5 cm³/mol. The molecule has 1 heterocycles. The van der Waals surface area contributed by atoms with Crippen molar-refractivity contribution in [3.05, 3.63) is 30.5 Å². The molecular formula is C14H18N2O4S. The molecule has 0 amide bonds. The minimum atomic E-state index is -3.88. The van der Waals surface area contributed by atoms with Gasteiger partial charge in [-0.2, -0.15) is 4.72 Å². The molecule has 0 saturated heterocycles. The zero-order valence-electron chi connectivity index (χ0n) is 12.1. The molecule has 21 heavy (non-hydrogen) atoms. The Bertz CT molecular complexity index is 777. The van der Waals surface area contributed by atoms with Crippen LogP contribution in [0.25, 0.3) is 10.9 Å². The highest BCUT2D eigenvalue weighted by atomic mass is 32.2. The average molecular weight is 310 g/mol. The van der Waals surface area contributed by atoms with Crippen LogP contribution in [-0.4, -0.2) is 30.1 Å². The number of fused-ring (bicyclic) bond motifs is 1. The molecule has 7 heteroatoms. The van der Waals surface area contributed by atoms with Crippen molar-refractivity contribution in [2.24, 2.45) is 13.0 Å². The van der Waals surface area contributed by atoms with E-state index < -0.39 is 22.0 Å². The smallest absolute Gasteiger partial charge is 0.322 e. The Labute approximate surface area is 123 Å². The van der Waals surface area contributed by atoms with E-state index in [0.717, 1.165) is 10.9 Å². The summed E-state index contributed by atoms with van der Waals surface area (Å²) in [4.78, 5) is 11.2. The molecule has 1 aromatic carbocycles. The third-order valence-electron chi connectivity index (χ3n) is 3.38. The lowest BCUT2D eigenvalue weighted by Gasteiger charge is -2.18. The molecule has 0 aliphatic heterocycles. The number of nitrogens with zero attached hydrogens (tertiary/aromatic N) is 1. The fourth-order valence-electron chi connectivity index (χ4n) is 2.12. The minimum Gasteiger partial charge on any atom is -0.480 e. The molecule has 0 spiro atoms. The molecule has 1 aromatic heterocycles. The number of sulfonamides is 1. The zero-order valence-corrected chi connectivity index (χ0v) is 12.9. The fourth-order valence-corrected chi connectivity index (χ4v) is 3.47. The van der Waals surface area contributed by atoms with Crippen LogP contribution in [0.1, 0.15) is 13.8 Å². The van der Waals surface area contributed by atoms with Crippen LogP contribution in [0.2, 0.25) is 0 Å². The van der Waals surface area contributed by atoms with Crippen LogP contribution >= 0.6 is 0 Å². The molecule has 0 bridgehead atoms. The molecule has 0 aliphatic carbocycles. The number of carboxylic acid groups (broad SMARTS) is 1. The van der Waals surface area contributed by atoms with Crippen LogP contribution in [0.5, 0.6) is 0 Å². The molecule has 1 atom stereocenters. The van der Waals surface area contributed by atoms with E-state index in [4.69, 9.17) is 5.11 Å². The number of hydrogen-bond acceptors (Lipinski definition) is 3. The lowest BCUT2D eigenvalue weighted by atomic mass is 10.1. The van der Waals surface area contributed by atoms with Gasteiger partial charge < -0.3 is 9.67 Å². The SMILES string of the molecule is CC(C)C(NS(=O)(=O)c1ccc2ccn(C)c2c1)C(=O)O. The Morgan fingerprint density at radius 2 is 1.95 bits per heavy atom. The number of aromatic nitrogens is 1. The Kier molecular flexibility index (Phi) is 4.06. The van der Waals surface area contributed by atoms with Gasteiger partial charge in [0.05, 0.1) is 4.90 Å². The molecular weight excluding hydrogens is 292 g/mol. The van der Waals surface area contributed by atoms with Gasteiger partial charge in [-0.25, -0.2) is 8.42 Å². The quantitative estimate of drug-likeness (QED) is 0.877. The molecule has 1 unspecified atom stereocenters. The summed E-state index contributed by atoms with van der Waals surface area (Å²) in [5, 5.41) is 10.0. The largest absolute Gasteiger partial charge is 0.480 e. The van der Waals surface area contributed by atoms with Crippen molar-refractivity contribution in [2.45, 2.75) is 24.8 Å². The van der Waals surface area contributed by atoms with Crippen molar-refractivity contribution in [1.82, 2.24) is 9.29 Å². The number of aliphatic carboxylic acids is 1. The lowest BCUT2D eigenvalue weighted by molar-refractivity contribution is -0.140. The molecule has 2 N–H and O–H groups in total. The molecule has 6 nitrogen and oxygen atoms in total. The maximum absolute atomic E-state index is 12.3. The number of carboxylic acids is 1. The average Bonchev–Trinajstić information content (AvgIpc) is 2.77. The van der Waals surface area contributed by atoms with Crippen molar-refractivity contribution in [1.29, 1.82) is 0 Å². The maximum Gasteiger partial charge on any atom is 0.322 e. The fraction of sp³-hybridized carbons (Fsp3) is 0.357. The maximum atomic E-state index is 12.3. The highest BCUT2D eigenvalue weighted by Crippen LogP contribution is 2.20. The van der Waals surface area contributed by atoms with Gasteiger partial charge in [-0.05, 0) is 29.5 Å². The van der Waals surface area contributed by atoms with Crippen molar-refractivity contribution in [3.63, 3.8) is 0 Å². The van der Waals surface area contributed by atoms with Gasteiger partial charge in [0.15, 0.2) is 0 Å². The Hall–Kier alpha value is -1.86. The Morgan fingerprint density at radius 1 is 1.29 bits per heavy atom. The zero-order chi connectivity index (χ0) is 15.8. The van der Waals surface area contributed by atoms with Gasteiger partial charge in [0.2, 0.25) is 10.0 Å². The second-order valence-corrected chi connectivity index (χ2v) is 7.04. The van der Waals surface area contributed by atoms with E-state index in [1.54, 1.807) is 19.9 Å². The number of benzene rings is 1. The van der Waals surface area contributed by atoms with Crippen molar-refractivity contribution >= 4 is 26.9 Å². The van der Waals surface area contributed by atoms with Crippen LogP contribution in [0, 0.1) is 5.92 Å². The monoisotopic (exact) mass is 310 g/mol. The number of nitrogens with one attached hydrogen (secondary N) is 1. The highest BCUT2D eigenvalue weighted by Gasteiger charge is 2.28. The minimum absolute atomic E-state index is 0.0590. The number of carbonyl (C=O) groups is 1. The van der Waals surface area contributed by atoms with Crippen molar-refractivity contribution in [2.75, 3.05) is 0 Å². The highest BCUT2D eigenvalue weighted by molar-refractivity contribution is 7.89. The summed E-state index contributed by atoms with van der Waals surface area (Å²) in [6.45, 7) is 3.31. The molecule has 0 fully saturated rings. The summed E-state index contributed by atoms with van der Waals surface area (Å²) < 4.78 is 28.7.